The van der Waals surface area contributed by atoms with E-state index in [1.54, 1.807) is 0 Å². The van der Waals surface area contributed by atoms with Crippen molar-refractivity contribution in [3.63, 3.8) is 0 Å². The van der Waals surface area contributed by atoms with Gasteiger partial charge in [-0.2, -0.15) is 61.5 Å². The summed E-state index contributed by atoms with van der Waals surface area (Å²) >= 11 is 0. The summed E-state index contributed by atoms with van der Waals surface area (Å²) < 4.78 is 196. The van der Waals surface area contributed by atoms with Crippen LogP contribution in [0.4, 0.5) is 61.5 Å². The first-order valence-corrected chi connectivity index (χ1v) is 6.19. The molecule has 0 saturated carbocycles. The molecule has 2 aliphatic rings. The third-order valence-corrected chi connectivity index (χ3v) is 2.97. The van der Waals surface area contributed by atoms with Crippen LogP contribution in [-0.2, 0) is 23.7 Å². The van der Waals surface area contributed by atoms with Crippen molar-refractivity contribution >= 4 is 0 Å². The van der Waals surface area contributed by atoms with E-state index in [0.29, 0.717) is 0 Å². The van der Waals surface area contributed by atoms with Crippen LogP contribution in [0.15, 0.2) is 24.1 Å². The molecule has 29 heavy (non-hydrogen) atoms. The molecule has 2 unspecified atom stereocenters. The molecule has 2 fully saturated rings. The van der Waals surface area contributed by atoms with Gasteiger partial charge in [0.15, 0.2) is 0 Å². The molecule has 2 atom stereocenters. The Bertz CT molecular complexity index is 694. The molecule has 19 heteroatoms. The lowest BCUT2D eigenvalue weighted by Gasteiger charge is -2.35. The normalized spacial score (nSPS) is 31.0. The van der Waals surface area contributed by atoms with Crippen LogP contribution in [0.1, 0.15) is 0 Å². The predicted molar refractivity (Wildman–Crippen MR) is 51.4 cm³/mol. The van der Waals surface area contributed by atoms with Gasteiger partial charge in [0, 0.05) is 0 Å². The summed E-state index contributed by atoms with van der Waals surface area (Å²) in [6, 6.07) is 0. The Morgan fingerprint density at radius 1 is 0.586 bits per heavy atom. The van der Waals surface area contributed by atoms with Crippen LogP contribution >= 0.6 is 0 Å². The molecule has 2 heterocycles. The topological polar surface area (TPSA) is 46.2 Å². The zero-order valence-corrected chi connectivity index (χ0v) is 12.3. The fraction of sp³-hybridized carbons (Fsp3) is 0.600. The molecule has 0 N–H and O–H groups in total. The lowest BCUT2D eigenvalue weighted by atomic mass is 10.2. The van der Waals surface area contributed by atoms with Crippen molar-refractivity contribution in [3.05, 3.63) is 24.1 Å². The second-order valence-corrected chi connectivity index (χ2v) is 4.86. The average molecular weight is 466 g/mol. The summed E-state index contributed by atoms with van der Waals surface area (Å²) in [6.07, 6.45) is -33.4. The van der Waals surface area contributed by atoms with E-state index in [-0.39, 0.29) is 0 Å². The molecule has 2 rings (SSSR count). The van der Waals surface area contributed by atoms with Crippen LogP contribution in [0.3, 0.4) is 0 Å². The first-order valence-electron chi connectivity index (χ1n) is 6.19. The molecule has 2 saturated heterocycles. The molecule has 0 amide bonds. The molecule has 5 nitrogen and oxygen atoms in total. The van der Waals surface area contributed by atoms with Gasteiger partial charge in [-0.1, -0.05) is 0 Å². The van der Waals surface area contributed by atoms with Crippen LogP contribution in [0.5, 0.6) is 0 Å². The van der Waals surface area contributed by atoms with Gasteiger partial charge in [-0.25, -0.2) is 4.74 Å². The first kappa shape index (κ1) is 22.9. The van der Waals surface area contributed by atoms with Crippen molar-refractivity contribution in [2.75, 3.05) is 0 Å². The van der Waals surface area contributed by atoms with Gasteiger partial charge < -0.3 is 18.9 Å². The highest BCUT2D eigenvalue weighted by Crippen LogP contribution is 2.59. The van der Waals surface area contributed by atoms with Crippen LogP contribution in [0.2, 0.25) is 0 Å². The van der Waals surface area contributed by atoms with E-state index in [1.807, 2.05) is 4.74 Å². The second-order valence-electron chi connectivity index (χ2n) is 4.86. The summed E-state index contributed by atoms with van der Waals surface area (Å²) in [7, 11) is 0. The van der Waals surface area contributed by atoms with Gasteiger partial charge in [0.05, 0.1) is 0 Å². The molecule has 0 bridgehead atoms. The molecule has 0 spiro atoms. The zero-order valence-electron chi connectivity index (χ0n) is 12.3. The lowest BCUT2D eigenvalue weighted by Crippen LogP contribution is -2.64. The van der Waals surface area contributed by atoms with Gasteiger partial charge in [0.2, 0.25) is 0 Å². The van der Waals surface area contributed by atoms with Gasteiger partial charge >= 0.3 is 60.2 Å². The Labute approximate surface area is 147 Å². The van der Waals surface area contributed by atoms with Crippen molar-refractivity contribution in [1.82, 2.24) is 0 Å². The number of alkyl halides is 10. The van der Waals surface area contributed by atoms with Crippen LogP contribution in [0.25, 0.3) is 0 Å². The highest BCUT2D eigenvalue weighted by atomic mass is 19.3. The molecular formula is C10F14O5. The maximum Gasteiger partial charge on any atom is 0.483 e. The summed E-state index contributed by atoms with van der Waals surface area (Å²) in [4.78, 5) is 0. The Morgan fingerprint density at radius 3 is 1.07 bits per heavy atom. The summed E-state index contributed by atoms with van der Waals surface area (Å²) in [6.45, 7) is 0. The van der Waals surface area contributed by atoms with Crippen molar-refractivity contribution in [2.45, 2.75) is 36.1 Å². The van der Waals surface area contributed by atoms with Crippen LogP contribution in [0, 0.1) is 0 Å². The fourth-order valence-electron chi connectivity index (χ4n) is 1.68. The predicted octanol–water partition coefficient (Wildman–Crippen LogP) is 4.93. The molecule has 0 aromatic carbocycles. The highest BCUT2D eigenvalue weighted by molar-refractivity contribution is 5.05. The standard InChI is InChI=1S/C10F14O5/c11-1(12)3-25-5(15,7(17,18)27-3)9(21,22)29-10(23,24)6(16)8(19,20)28-4(26-6)2(13)14. The van der Waals surface area contributed by atoms with Crippen molar-refractivity contribution < 1.29 is 85.2 Å². The minimum Gasteiger partial charge on any atom is -0.408 e. The number of hydrogen-bond donors (Lipinski definition) is 0. The number of halogens is 14. The number of rotatable bonds is 4. The summed E-state index contributed by atoms with van der Waals surface area (Å²) in [5.74, 6) is -18.7. The minimum absolute atomic E-state index is 2.00. The Hall–Kier alpha value is -2.34. The molecular weight excluding hydrogens is 466 g/mol. The second kappa shape index (κ2) is 6.08. The van der Waals surface area contributed by atoms with Gasteiger partial charge in [0.25, 0.3) is 0 Å². The molecule has 0 aromatic rings. The lowest BCUT2D eigenvalue weighted by molar-refractivity contribution is -0.518. The van der Waals surface area contributed by atoms with E-state index in [2.05, 4.69) is 18.9 Å². The first-order chi connectivity index (χ1) is 12.7. The van der Waals surface area contributed by atoms with E-state index in [1.165, 1.54) is 0 Å². The van der Waals surface area contributed by atoms with E-state index in [4.69, 9.17) is 0 Å². The van der Waals surface area contributed by atoms with E-state index in [9.17, 15) is 61.5 Å². The maximum atomic E-state index is 13.8. The minimum atomic E-state index is -6.96. The Morgan fingerprint density at radius 2 is 0.862 bits per heavy atom. The Balaban J connectivity index is 2.46. The molecule has 168 valence electrons. The largest absolute Gasteiger partial charge is 0.483 e. The zero-order chi connectivity index (χ0) is 22.8. The molecule has 0 aliphatic carbocycles. The number of ether oxygens (including phenoxy) is 5. The van der Waals surface area contributed by atoms with Gasteiger partial charge in [-0.3, -0.25) is 0 Å². The van der Waals surface area contributed by atoms with Crippen LogP contribution < -0.4 is 0 Å². The fourth-order valence-corrected chi connectivity index (χ4v) is 1.68. The van der Waals surface area contributed by atoms with Crippen molar-refractivity contribution in [3.8, 4) is 0 Å². The van der Waals surface area contributed by atoms with Crippen molar-refractivity contribution in [1.29, 1.82) is 0 Å². The summed E-state index contributed by atoms with van der Waals surface area (Å²) in [5.41, 5.74) is 0. The average Bonchev–Trinajstić information content (AvgIpc) is 2.91. The third-order valence-electron chi connectivity index (χ3n) is 2.97. The van der Waals surface area contributed by atoms with E-state index in [0.717, 1.165) is 0 Å². The highest BCUT2D eigenvalue weighted by Gasteiger charge is 2.88. The SMILES string of the molecule is FC(F)=C1OC(F)(F)C(F)(C(F)(F)OC(F)(F)C2(F)OC(=C(F)F)OC2(F)F)O1. The van der Waals surface area contributed by atoms with E-state index < -0.39 is 60.2 Å². The molecule has 0 radical (unpaired) electrons. The Kier molecular flexibility index (Phi) is 4.81. The third kappa shape index (κ3) is 3.14. The quantitative estimate of drug-likeness (QED) is 0.551. The maximum absolute atomic E-state index is 13.8. The smallest absolute Gasteiger partial charge is 0.408 e. The molecule has 2 aliphatic heterocycles. The summed E-state index contributed by atoms with van der Waals surface area (Å²) in [5, 5.41) is 0. The van der Waals surface area contributed by atoms with Gasteiger partial charge in [0.1, 0.15) is 0 Å². The van der Waals surface area contributed by atoms with Crippen molar-refractivity contribution in [2.24, 2.45) is 0 Å². The van der Waals surface area contributed by atoms with E-state index >= 15 is 0 Å². The monoisotopic (exact) mass is 466 g/mol. The number of hydrogen-bond acceptors (Lipinski definition) is 5. The van der Waals surface area contributed by atoms with Gasteiger partial charge in [-0.15, -0.1) is 0 Å². The molecule has 0 aromatic heterocycles. The van der Waals surface area contributed by atoms with Crippen LogP contribution in [-0.4, -0.2) is 36.1 Å². The van der Waals surface area contributed by atoms with Gasteiger partial charge in [-0.05, 0) is 0 Å².